The summed E-state index contributed by atoms with van der Waals surface area (Å²) in [5, 5.41) is 3.43. The van der Waals surface area contributed by atoms with Gasteiger partial charge in [0.25, 0.3) is 0 Å². The van der Waals surface area contributed by atoms with E-state index in [2.05, 4.69) is 15.3 Å². The molecule has 33 heavy (non-hydrogen) atoms. The number of hydrogen-bond donors (Lipinski definition) is 2. The Labute approximate surface area is 198 Å². The summed E-state index contributed by atoms with van der Waals surface area (Å²) in [5.41, 5.74) is 8.09. The third-order valence-corrected chi connectivity index (χ3v) is 6.27. The summed E-state index contributed by atoms with van der Waals surface area (Å²) in [4.78, 5) is 22.9. The van der Waals surface area contributed by atoms with Crippen LogP contribution in [0.3, 0.4) is 0 Å². The van der Waals surface area contributed by atoms with Gasteiger partial charge < -0.3 is 20.7 Å². The first-order chi connectivity index (χ1) is 15.6. The molecule has 3 N–H and O–H groups in total. The molecule has 1 fully saturated rings. The van der Waals surface area contributed by atoms with E-state index >= 15 is 0 Å². The largest absolute Gasteiger partial charge is 0.492 e. The van der Waals surface area contributed by atoms with Gasteiger partial charge in [0.1, 0.15) is 5.75 Å². The quantitative estimate of drug-likeness (QED) is 0.519. The van der Waals surface area contributed by atoms with Crippen molar-refractivity contribution in [3.8, 4) is 17.0 Å². The van der Waals surface area contributed by atoms with Crippen molar-refractivity contribution in [2.24, 2.45) is 0 Å². The van der Waals surface area contributed by atoms with E-state index < -0.39 is 12.6 Å². The van der Waals surface area contributed by atoms with E-state index in [0.29, 0.717) is 22.5 Å². The molecule has 4 rings (SSSR count). The SMILES string of the molecule is Nc1nc2c(c(-c3cc(OCCCC(F)(F)F)c(Cl)cc3Cl)n1)CN(C(=O)NC1CCC1)C2. The van der Waals surface area contributed by atoms with Crippen LogP contribution in [0.15, 0.2) is 12.1 Å². The standard InChI is InChI=1S/C21H22Cl2F3N5O2/c22-14-8-15(23)17(33-6-2-5-21(24,25)26)7-12(14)18-13-9-31(10-16(13)29-19(27)30-18)20(32)28-11-3-1-4-11/h7-8,11H,1-6,9-10H2,(H,28,32)(H2,27,29,30). The highest BCUT2D eigenvalue weighted by Gasteiger charge is 2.31. The first-order valence-electron chi connectivity index (χ1n) is 10.5. The second-order valence-electron chi connectivity index (χ2n) is 8.12. The third kappa shape index (κ3) is 5.55. The minimum atomic E-state index is -4.26. The monoisotopic (exact) mass is 503 g/mol. The topological polar surface area (TPSA) is 93.4 Å². The van der Waals surface area contributed by atoms with Crippen LogP contribution in [0.4, 0.5) is 23.9 Å². The second kappa shape index (κ2) is 9.42. The lowest BCUT2D eigenvalue weighted by molar-refractivity contribution is -0.136. The number of anilines is 1. The van der Waals surface area contributed by atoms with Crippen molar-refractivity contribution >= 4 is 35.2 Å². The van der Waals surface area contributed by atoms with Gasteiger partial charge >= 0.3 is 12.2 Å². The van der Waals surface area contributed by atoms with Crippen molar-refractivity contribution in [2.75, 3.05) is 12.3 Å². The molecule has 0 spiro atoms. The van der Waals surface area contributed by atoms with Gasteiger partial charge in [-0.3, -0.25) is 0 Å². The van der Waals surface area contributed by atoms with Crippen LogP contribution in [0, 0.1) is 0 Å². The molecule has 0 unspecified atom stereocenters. The van der Waals surface area contributed by atoms with E-state index in [1.54, 1.807) is 4.90 Å². The van der Waals surface area contributed by atoms with Crippen LogP contribution < -0.4 is 15.8 Å². The molecule has 0 saturated heterocycles. The number of aromatic nitrogens is 2. The van der Waals surface area contributed by atoms with Crippen molar-refractivity contribution in [3.05, 3.63) is 33.4 Å². The highest BCUT2D eigenvalue weighted by molar-refractivity contribution is 6.37. The molecule has 2 amide bonds. The highest BCUT2D eigenvalue weighted by atomic mass is 35.5. The number of benzene rings is 1. The molecule has 12 heteroatoms. The Hall–Kier alpha value is -2.46. The number of nitrogens with two attached hydrogens (primary N) is 1. The van der Waals surface area contributed by atoms with Gasteiger partial charge in [-0.1, -0.05) is 23.2 Å². The van der Waals surface area contributed by atoms with Crippen LogP contribution in [0.1, 0.15) is 43.4 Å². The molecule has 1 saturated carbocycles. The van der Waals surface area contributed by atoms with Crippen molar-refractivity contribution in [3.63, 3.8) is 0 Å². The van der Waals surface area contributed by atoms with Crippen LogP contribution in [0.5, 0.6) is 5.75 Å². The minimum absolute atomic E-state index is 0.0173. The van der Waals surface area contributed by atoms with Crippen LogP contribution >= 0.6 is 23.2 Å². The van der Waals surface area contributed by atoms with Gasteiger partial charge in [0.15, 0.2) is 0 Å². The first-order valence-corrected chi connectivity index (χ1v) is 11.3. The van der Waals surface area contributed by atoms with Gasteiger partial charge in [0.05, 0.1) is 41.1 Å². The Morgan fingerprint density at radius 3 is 2.64 bits per heavy atom. The average Bonchev–Trinajstić information content (AvgIpc) is 3.12. The number of carbonyl (C=O) groups excluding carboxylic acids is 1. The summed E-state index contributed by atoms with van der Waals surface area (Å²) < 4.78 is 42.6. The molecule has 1 aliphatic carbocycles. The smallest absolute Gasteiger partial charge is 0.389 e. The molecule has 2 aliphatic rings. The lowest BCUT2D eigenvalue weighted by Gasteiger charge is -2.28. The Bertz CT molecular complexity index is 1060. The van der Waals surface area contributed by atoms with E-state index in [-0.39, 0.29) is 59.9 Å². The van der Waals surface area contributed by atoms with Crippen molar-refractivity contribution in [1.82, 2.24) is 20.2 Å². The number of hydrogen-bond acceptors (Lipinski definition) is 5. The molecule has 178 valence electrons. The Balaban J connectivity index is 1.56. The minimum Gasteiger partial charge on any atom is -0.492 e. The van der Waals surface area contributed by atoms with E-state index in [1.165, 1.54) is 12.1 Å². The second-order valence-corrected chi connectivity index (χ2v) is 8.93. The normalized spacial score (nSPS) is 15.8. The number of amides is 2. The summed E-state index contributed by atoms with van der Waals surface area (Å²) >= 11 is 12.6. The number of nitrogen functional groups attached to an aromatic ring is 1. The fraction of sp³-hybridized carbons (Fsp3) is 0.476. The zero-order valence-corrected chi connectivity index (χ0v) is 19.0. The molecule has 7 nitrogen and oxygen atoms in total. The lowest BCUT2D eigenvalue weighted by atomic mass is 9.93. The Morgan fingerprint density at radius 2 is 1.97 bits per heavy atom. The molecule has 2 aromatic rings. The molecule has 1 aromatic carbocycles. The molecule has 2 heterocycles. The number of nitrogens with zero attached hydrogens (tertiary/aromatic N) is 3. The number of ether oxygens (including phenoxy) is 1. The first kappa shape index (κ1) is 23.7. The van der Waals surface area contributed by atoms with Gasteiger partial charge in [-0.15, -0.1) is 0 Å². The number of fused-ring (bicyclic) bond motifs is 1. The Kier molecular flexibility index (Phi) is 6.76. The number of nitrogens with one attached hydrogen (secondary N) is 1. The molecule has 1 aromatic heterocycles. The maximum atomic E-state index is 12.6. The van der Waals surface area contributed by atoms with Gasteiger partial charge in [-0.2, -0.15) is 13.2 Å². The Morgan fingerprint density at radius 1 is 1.21 bits per heavy atom. The zero-order chi connectivity index (χ0) is 23.8. The fourth-order valence-corrected chi connectivity index (χ4v) is 4.26. The molecule has 0 radical (unpaired) electrons. The van der Waals surface area contributed by atoms with E-state index in [9.17, 15) is 18.0 Å². The average molecular weight is 504 g/mol. The van der Waals surface area contributed by atoms with Gasteiger partial charge in [0.2, 0.25) is 5.95 Å². The van der Waals surface area contributed by atoms with Crippen molar-refractivity contribution in [1.29, 1.82) is 0 Å². The number of rotatable bonds is 6. The van der Waals surface area contributed by atoms with Crippen molar-refractivity contribution < 1.29 is 22.7 Å². The van der Waals surface area contributed by atoms with Crippen molar-refractivity contribution in [2.45, 2.75) is 57.4 Å². The fourth-order valence-electron chi connectivity index (χ4n) is 3.73. The van der Waals surface area contributed by atoms with Gasteiger partial charge in [-0.25, -0.2) is 14.8 Å². The number of urea groups is 1. The predicted octanol–water partition coefficient (Wildman–Crippen LogP) is 5.33. The summed E-state index contributed by atoms with van der Waals surface area (Å²) in [6.07, 6.45) is -2.38. The maximum absolute atomic E-state index is 12.6. The van der Waals surface area contributed by atoms with Crippen LogP contribution in [-0.4, -0.2) is 39.7 Å². The molecule has 0 bridgehead atoms. The van der Waals surface area contributed by atoms with Crippen LogP contribution in [0.25, 0.3) is 11.3 Å². The predicted molar refractivity (Wildman–Crippen MR) is 118 cm³/mol. The lowest BCUT2D eigenvalue weighted by Crippen LogP contribution is -2.45. The van der Waals surface area contributed by atoms with Gasteiger partial charge in [0, 0.05) is 23.6 Å². The number of alkyl halides is 3. The van der Waals surface area contributed by atoms with E-state index in [1.807, 2.05) is 0 Å². The number of carbonyl (C=O) groups is 1. The van der Waals surface area contributed by atoms with Gasteiger partial charge in [-0.05, 0) is 37.8 Å². The zero-order valence-electron chi connectivity index (χ0n) is 17.5. The summed E-state index contributed by atoms with van der Waals surface area (Å²) in [6.45, 7) is 0.378. The van der Waals surface area contributed by atoms with Crippen LogP contribution in [-0.2, 0) is 13.1 Å². The summed E-state index contributed by atoms with van der Waals surface area (Å²) in [6, 6.07) is 2.98. The van der Waals surface area contributed by atoms with E-state index in [0.717, 1.165) is 19.3 Å². The molecular formula is C21H22Cl2F3N5O2. The molecule has 0 atom stereocenters. The third-order valence-electron chi connectivity index (χ3n) is 5.66. The summed E-state index contributed by atoms with van der Waals surface area (Å²) in [5.74, 6) is 0.199. The molecular weight excluding hydrogens is 482 g/mol. The summed E-state index contributed by atoms with van der Waals surface area (Å²) in [7, 11) is 0. The number of halogens is 5. The highest BCUT2D eigenvalue weighted by Crippen LogP contribution is 2.40. The van der Waals surface area contributed by atoms with E-state index in [4.69, 9.17) is 33.7 Å². The maximum Gasteiger partial charge on any atom is 0.389 e. The molecule has 1 aliphatic heterocycles. The van der Waals surface area contributed by atoms with Crippen LogP contribution in [0.2, 0.25) is 10.0 Å².